The molecule has 0 atom stereocenters. The van der Waals surface area contributed by atoms with Gasteiger partial charge in [-0.25, -0.2) is 4.98 Å². The molecule has 0 aliphatic rings. The molecule has 0 aliphatic heterocycles. The summed E-state index contributed by atoms with van der Waals surface area (Å²) in [6, 6.07) is 8.21. The van der Waals surface area contributed by atoms with E-state index in [4.69, 9.17) is 0 Å². The molecule has 0 aliphatic carbocycles. The second kappa shape index (κ2) is 5.27. The van der Waals surface area contributed by atoms with Gasteiger partial charge in [0.2, 0.25) is 0 Å². The zero-order valence-corrected chi connectivity index (χ0v) is 10.7. The molecule has 0 unspecified atom stereocenters. The molecule has 0 radical (unpaired) electrons. The first-order chi connectivity index (χ1) is 7.81. The first-order valence-electron chi connectivity index (χ1n) is 5.23. The van der Waals surface area contributed by atoms with Crippen LogP contribution in [-0.4, -0.2) is 23.1 Å². The predicted octanol–water partition coefficient (Wildman–Crippen LogP) is 2.53. The van der Waals surface area contributed by atoms with Crippen molar-refractivity contribution in [3.63, 3.8) is 0 Å². The van der Waals surface area contributed by atoms with E-state index in [2.05, 4.69) is 42.9 Å². The van der Waals surface area contributed by atoms with Crippen molar-refractivity contribution in [3.8, 4) is 11.4 Å². The highest BCUT2D eigenvalue weighted by atomic mass is 79.9. The number of likely N-dealkylation sites (N-methyl/N-ethyl adjacent to an activating group) is 1. The molecule has 84 valence electrons. The smallest absolute Gasteiger partial charge is 0.139 e. The molecule has 0 amide bonds. The highest BCUT2D eigenvalue weighted by Crippen LogP contribution is 2.19. The molecule has 0 saturated carbocycles. The van der Waals surface area contributed by atoms with Gasteiger partial charge in [0.1, 0.15) is 5.82 Å². The van der Waals surface area contributed by atoms with Gasteiger partial charge in [-0.15, -0.1) is 0 Å². The fourth-order valence-electron chi connectivity index (χ4n) is 1.58. The minimum absolute atomic E-state index is 0.932. The van der Waals surface area contributed by atoms with E-state index in [1.165, 1.54) is 0 Å². The minimum atomic E-state index is 0.932. The number of nitrogens with one attached hydrogen (secondary N) is 1. The van der Waals surface area contributed by atoms with Crippen LogP contribution < -0.4 is 5.32 Å². The van der Waals surface area contributed by atoms with Crippen LogP contribution in [0.4, 0.5) is 0 Å². The fraction of sp³-hybridized carbons (Fsp3) is 0.250. The van der Waals surface area contributed by atoms with Gasteiger partial charge in [0, 0.05) is 35.5 Å². The molecule has 0 spiro atoms. The van der Waals surface area contributed by atoms with E-state index in [0.29, 0.717) is 0 Å². The number of hydrogen-bond donors (Lipinski definition) is 1. The van der Waals surface area contributed by atoms with Crippen molar-refractivity contribution in [3.05, 3.63) is 41.1 Å². The van der Waals surface area contributed by atoms with Gasteiger partial charge in [-0.05, 0) is 19.2 Å². The molecule has 0 bridgehead atoms. The Bertz CT molecular complexity index is 448. The zero-order valence-electron chi connectivity index (χ0n) is 9.15. The molecule has 16 heavy (non-hydrogen) atoms. The lowest BCUT2D eigenvalue weighted by Crippen LogP contribution is -2.15. The maximum Gasteiger partial charge on any atom is 0.139 e. The van der Waals surface area contributed by atoms with E-state index in [1.54, 1.807) is 0 Å². The first kappa shape index (κ1) is 11.4. The molecule has 4 heteroatoms. The number of nitrogens with zero attached hydrogens (tertiary/aromatic N) is 2. The maximum atomic E-state index is 4.39. The molecular weight excluding hydrogens is 266 g/mol. The Morgan fingerprint density at radius 2 is 2.06 bits per heavy atom. The molecule has 1 aromatic heterocycles. The number of hydrogen-bond acceptors (Lipinski definition) is 2. The molecule has 0 fully saturated rings. The van der Waals surface area contributed by atoms with E-state index in [1.807, 2.05) is 31.6 Å². The Kier molecular flexibility index (Phi) is 3.74. The van der Waals surface area contributed by atoms with Crippen LogP contribution in [-0.2, 0) is 6.54 Å². The van der Waals surface area contributed by atoms with Crippen molar-refractivity contribution < 1.29 is 0 Å². The monoisotopic (exact) mass is 279 g/mol. The molecule has 3 nitrogen and oxygen atoms in total. The van der Waals surface area contributed by atoms with Gasteiger partial charge in [0.05, 0.1) is 0 Å². The lowest BCUT2D eigenvalue weighted by molar-refractivity contribution is 0.649. The van der Waals surface area contributed by atoms with E-state index in [0.717, 1.165) is 29.0 Å². The van der Waals surface area contributed by atoms with E-state index < -0.39 is 0 Å². The van der Waals surface area contributed by atoms with Crippen LogP contribution in [0.3, 0.4) is 0 Å². The number of imidazole rings is 1. The predicted molar refractivity (Wildman–Crippen MR) is 69.3 cm³/mol. The van der Waals surface area contributed by atoms with Gasteiger partial charge in [0.25, 0.3) is 0 Å². The summed E-state index contributed by atoms with van der Waals surface area (Å²) >= 11 is 3.43. The van der Waals surface area contributed by atoms with Crippen molar-refractivity contribution in [2.24, 2.45) is 0 Å². The van der Waals surface area contributed by atoms with Crippen molar-refractivity contribution in [1.29, 1.82) is 0 Å². The topological polar surface area (TPSA) is 29.9 Å². The van der Waals surface area contributed by atoms with Crippen molar-refractivity contribution in [2.75, 3.05) is 13.6 Å². The Balaban J connectivity index is 2.26. The van der Waals surface area contributed by atoms with Crippen LogP contribution in [0.1, 0.15) is 0 Å². The van der Waals surface area contributed by atoms with Crippen LogP contribution >= 0.6 is 15.9 Å². The second-order valence-electron chi connectivity index (χ2n) is 3.55. The average Bonchev–Trinajstić information content (AvgIpc) is 2.75. The van der Waals surface area contributed by atoms with E-state index in [-0.39, 0.29) is 0 Å². The lowest BCUT2D eigenvalue weighted by Gasteiger charge is -2.07. The Hall–Kier alpha value is -1.13. The molecule has 1 heterocycles. The summed E-state index contributed by atoms with van der Waals surface area (Å²) in [4.78, 5) is 4.39. The summed E-state index contributed by atoms with van der Waals surface area (Å²) in [5.41, 5.74) is 1.14. The summed E-state index contributed by atoms with van der Waals surface area (Å²) in [5, 5.41) is 3.14. The van der Waals surface area contributed by atoms with Gasteiger partial charge in [0.15, 0.2) is 0 Å². The third-order valence-corrected chi connectivity index (χ3v) is 2.95. The number of halogens is 1. The molecule has 2 aromatic rings. The van der Waals surface area contributed by atoms with Crippen LogP contribution in [0.25, 0.3) is 11.4 Å². The molecule has 1 N–H and O–H groups in total. The van der Waals surface area contributed by atoms with Crippen molar-refractivity contribution in [2.45, 2.75) is 6.54 Å². The Labute approximate surface area is 104 Å². The SMILES string of the molecule is CNCCn1ccnc1-c1ccc(Br)cc1. The largest absolute Gasteiger partial charge is 0.330 e. The number of benzene rings is 1. The quantitative estimate of drug-likeness (QED) is 0.932. The van der Waals surface area contributed by atoms with Gasteiger partial charge < -0.3 is 9.88 Å². The number of aromatic nitrogens is 2. The summed E-state index contributed by atoms with van der Waals surface area (Å²) in [5.74, 6) is 1.02. The molecule has 2 rings (SSSR count). The van der Waals surface area contributed by atoms with Gasteiger partial charge in [-0.2, -0.15) is 0 Å². The normalized spacial score (nSPS) is 10.6. The third kappa shape index (κ3) is 2.51. The molecular formula is C12H14BrN3. The standard InChI is InChI=1S/C12H14BrN3/c1-14-6-8-16-9-7-15-12(16)10-2-4-11(13)5-3-10/h2-5,7,9,14H,6,8H2,1H3. The van der Waals surface area contributed by atoms with Crippen LogP contribution in [0.2, 0.25) is 0 Å². The van der Waals surface area contributed by atoms with Crippen molar-refractivity contribution in [1.82, 2.24) is 14.9 Å². The van der Waals surface area contributed by atoms with E-state index >= 15 is 0 Å². The van der Waals surface area contributed by atoms with E-state index in [9.17, 15) is 0 Å². The highest BCUT2D eigenvalue weighted by molar-refractivity contribution is 9.10. The summed E-state index contributed by atoms with van der Waals surface area (Å²) < 4.78 is 3.24. The lowest BCUT2D eigenvalue weighted by atomic mass is 10.2. The molecule has 1 aromatic carbocycles. The number of rotatable bonds is 4. The Morgan fingerprint density at radius 1 is 1.31 bits per heavy atom. The Morgan fingerprint density at radius 3 is 2.75 bits per heavy atom. The summed E-state index contributed by atoms with van der Waals surface area (Å²) in [6.07, 6.45) is 3.85. The van der Waals surface area contributed by atoms with Crippen LogP contribution in [0.15, 0.2) is 41.1 Å². The second-order valence-corrected chi connectivity index (χ2v) is 4.47. The summed E-state index contributed by atoms with van der Waals surface area (Å²) in [7, 11) is 1.95. The third-order valence-electron chi connectivity index (χ3n) is 2.42. The summed E-state index contributed by atoms with van der Waals surface area (Å²) in [6.45, 7) is 1.88. The average molecular weight is 280 g/mol. The first-order valence-corrected chi connectivity index (χ1v) is 6.02. The minimum Gasteiger partial charge on any atom is -0.330 e. The zero-order chi connectivity index (χ0) is 11.4. The van der Waals surface area contributed by atoms with Crippen LogP contribution in [0, 0.1) is 0 Å². The fourth-order valence-corrected chi connectivity index (χ4v) is 1.85. The van der Waals surface area contributed by atoms with Crippen LogP contribution in [0.5, 0.6) is 0 Å². The van der Waals surface area contributed by atoms with Gasteiger partial charge >= 0.3 is 0 Å². The van der Waals surface area contributed by atoms with Gasteiger partial charge in [-0.3, -0.25) is 0 Å². The maximum absolute atomic E-state index is 4.39. The molecule has 0 saturated heterocycles. The van der Waals surface area contributed by atoms with Gasteiger partial charge in [-0.1, -0.05) is 28.1 Å². The van der Waals surface area contributed by atoms with Crippen molar-refractivity contribution >= 4 is 15.9 Å². The highest BCUT2D eigenvalue weighted by Gasteiger charge is 2.04.